The molecule has 43 heavy (non-hydrogen) atoms. The lowest BCUT2D eigenvalue weighted by Crippen LogP contribution is -2.51. The van der Waals surface area contributed by atoms with Crippen molar-refractivity contribution in [1.82, 2.24) is 14.5 Å². The minimum Gasteiger partial charge on any atom is -0.489 e. The maximum atomic E-state index is 14.3. The van der Waals surface area contributed by atoms with Crippen LogP contribution in [-0.4, -0.2) is 65.9 Å². The zero-order chi connectivity index (χ0) is 29.5. The lowest BCUT2D eigenvalue weighted by atomic mass is 10.1. The molecule has 220 valence electrons. The number of methoxy groups -OCH3 is 1. The van der Waals surface area contributed by atoms with Crippen LogP contribution < -0.4 is 9.64 Å². The number of halogens is 1. The first-order valence-electron chi connectivity index (χ1n) is 14.6. The maximum absolute atomic E-state index is 14.3. The molecule has 0 radical (unpaired) electrons. The molecule has 2 saturated heterocycles. The summed E-state index contributed by atoms with van der Waals surface area (Å²) in [6, 6.07) is 18.4. The second-order valence-electron chi connectivity index (χ2n) is 11.4. The number of rotatable bonds is 8. The molecule has 4 aromatic rings. The Labute approximate surface area is 249 Å². The van der Waals surface area contributed by atoms with Gasteiger partial charge in [0.05, 0.1) is 54.5 Å². The minimum absolute atomic E-state index is 0.0988. The second-order valence-corrected chi connectivity index (χ2v) is 11.4. The van der Waals surface area contributed by atoms with E-state index >= 15 is 0 Å². The number of hydrogen-bond donors (Lipinski definition) is 0. The first-order chi connectivity index (χ1) is 21.0. The number of anilines is 1. The van der Waals surface area contributed by atoms with E-state index in [1.807, 2.05) is 24.3 Å². The van der Waals surface area contributed by atoms with E-state index in [4.69, 9.17) is 24.5 Å². The fraction of sp³-hybridized carbons (Fsp3) is 0.364. The molecule has 0 aliphatic carbocycles. The van der Waals surface area contributed by atoms with Crippen molar-refractivity contribution in [2.24, 2.45) is 0 Å². The summed E-state index contributed by atoms with van der Waals surface area (Å²) < 4.78 is 33.2. The van der Waals surface area contributed by atoms with Gasteiger partial charge in [-0.3, -0.25) is 4.90 Å². The van der Waals surface area contributed by atoms with Crippen LogP contribution in [0.25, 0.3) is 11.0 Å². The number of benzene rings is 3. The van der Waals surface area contributed by atoms with Crippen LogP contribution in [-0.2, 0) is 35.6 Å². The van der Waals surface area contributed by atoms with Crippen LogP contribution in [0.3, 0.4) is 0 Å². The Morgan fingerprint density at radius 3 is 2.81 bits per heavy atom. The zero-order valence-electron chi connectivity index (χ0n) is 24.0. The Morgan fingerprint density at radius 1 is 1.16 bits per heavy atom. The molecule has 3 aliphatic rings. The third-order valence-electron chi connectivity index (χ3n) is 8.76. The van der Waals surface area contributed by atoms with Crippen LogP contribution in [0.2, 0.25) is 0 Å². The van der Waals surface area contributed by atoms with E-state index in [2.05, 4.69) is 26.5 Å². The van der Waals surface area contributed by atoms with E-state index in [9.17, 15) is 9.18 Å². The molecule has 4 heterocycles. The van der Waals surface area contributed by atoms with Gasteiger partial charge < -0.3 is 23.7 Å². The van der Waals surface area contributed by atoms with Crippen LogP contribution >= 0.6 is 0 Å². The van der Waals surface area contributed by atoms with E-state index in [1.54, 1.807) is 18.2 Å². The van der Waals surface area contributed by atoms with Gasteiger partial charge in [0.2, 0.25) is 0 Å². The molecule has 3 aliphatic heterocycles. The summed E-state index contributed by atoms with van der Waals surface area (Å²) in [5.41, 5.74) is 5.47. The second kappa shape index (κ2) is 11.3. The summed E-state index contributed by atoms with van der Waals surface area (Å²) in [4.78, 5) is 22.1. The molecule has 2 atom stereocenters. The fourth-order valence-corrected chi connectivity index (χ4v) is 6.35. The van der Waals surface area contributed by atoms with Crippen molar-refractivity contribution in [2.45, 2.75) is 44.7 Å². The molecule has 0 saturated carbocycles. The molecule has 2 fully saturated rings. The highest BCUT2D eigenvalue weighted by Crippen LogP contribution is 2.37. The number of aromatic nitrogens is 2. The lowest BCUT2D eigenvalue weighted by molar-refractivity contribution is -0.0592. The number of piperazine rings is 1. The van der Waals surface area contributed by atoms with E-state index < -0.39 is 5.82 Å². The number of carbonyl (C=O) groups is 1. The zero-order valence-corrected chi connectivity index (χ0v) is 24.0. The lowest BCUT2D eigenvalue weighted by Gasteiger charge is -2.39. The minimum atomic E-state index is -0.436. The largest absolute Gasteiger partial charge is 0.489 e. The molecule has 1 aromatic heterocycles. The standard InChI is InChI=1S/C33H32FN5O4/c1-41-33(40)23-5-7-29-31(14-23)39(18-27-8-11-42-27)32(36-29)19-37-9-10-38-25(17-37)13-22-4-6-26(15-30(22)38)43-20-24-3-2-21(16-35)12-28(24)34/h2-7,12,14-15,25,27H,8-11,13,17-20H2,1H3/t25?,27-/m0/s1. The highest BCUT2D eigenvalue weighted by molar-refractivity contribution is 5.93. The first kappa shape index (κ1) is 27.4. The molecule has 10 heteroatoms. The average Bonchev–Trinajstić information content (AvgIpc) is 3.53. The molecule has 1 unspecified atom stereocenters. The highest BCUT2D eigenvalue weighted by atomic mass is 19.1. The molecule has 0 bridgehead atoms. The monoisotopic (exact) mass is 581 g/mol. The molecule has 0 amide bonds. The van der Waals surface area contributed by atoms with Crippen LogP contribution in [0.5, 0.6) is 5.75 Å². The Morgan fingerprint density at radius 2 is 2.05 bits per heavy atom. The van der Waals surface area contributed by atoms with Crippen molar-refractivity contribution in [2.75, 3.05) is 38.3 Å². The Hall–Kier alpha value is -4.46. The van der Waals surface area contributed by atoms with Crippen LogP contribution in [0, 0.1) is 17.1 Å². The fourth-order valence-electron chi connectivity index (χ4n) is 6.35. The average molecular weight is 582 g/mol. The van der Waals surface area contributed by atoms with Crippen molar-refractivity contribution >= 4 is 22.7 Å². The molecule has 9 nitrogen and oxygen atoms in total. The number of carbonyl (C=O) groups excluding carboxylic acids is 1. The SMILES string of the molecule is COC(=O)c1ccc2nc(CN3CCN4c5cc(OCc6ccc(C#N)cc6F)ccc5CC4C3)n(C[C@@H]3CCO3)c2c1. The van der Waals surface area contributed by atoms with Gasteiger partial charge in [0, 0.05) is 49.6 Å². The molecular formula is C33H32FN5O4. The van der Waals surface area contributed by atoms with E-state index in [1.165, 1.54) is 24.4 Å². The smallest absolute Gasteiger partial charge is 0.337 e. The summed E-state index contributed by atoms with van der Waals surface area (Å²) in [5.74, 6) is 0.878. The summed E-state index contributed by atoms with van der Waals surface area (Å²) in [5, 5.41) is 8.98. The summed E-state index contributed by atoms with van der Waals surface area (Å²) in [7, 11) is 1.39. The Kier molecular flexibility index (Phi) is 7.21. The van der Waals surface area contributed by atoms with E-state index in [0.717, 1.165) is 55.9 Å². The summed E-state index contributed by atoms with van der Waals surface area (Å²) in [6.07, 6.45) is 2.12. The topological polar surface area (TPSA) is 92.9 Å². The first-order valence-corrected chi connectivity index (χ1v) is 14.6. The van der Waals surface area contributed by atoms with E-state index in [0.29, 0.717) is 41.6 Å². The Bertz CT molecular complexity index is 1740. The molecular weight excluding hydrogens is 549 g/mol. The van der Waals surface area contributed by atoms with Gasteiger partial charge in [0.1, 0.15) is 24.0 Å². The van der Waals surface area contributed by atoms with Gasteiger partial charge in [0.15, 0.2) is 0 Å². The summed E-state index contributed by atoms with van der Waals surface area (Å²) in [6.45, 7) is 4.96. The van der Waals surface area contributed by atoms with E-state index in [-0.39, 0.29) is 18.7 Å². The van der Waals surface area contributed by atoms with Gasteiger partial charge in [-0.1, -0.05) is 12.1 Å². The number of hydrogen-bond acceptors (Lipinski definition) is 8. The number of imidazole rings is 1. The van der Waals surface area contributed by atoms with Crippen molar-refractivity contribution in [1.29, 1.82) is 5.26 Å². The van der Waals surface area contributed by atoms with Gasteiger partial charge in [-0.15, -0.1) is 0 Å². The third-order valence-corrected chi connectivity index (χ3v) is 8.76. The molecule has 0 spiro atoms. The predicted octanol–water partition coefficient (Wildman–Crippen LogP) is 4.45. The molecule has 0 N–H and O–H groups in total. The number of ether oxygens (including phenoxy) is 3. The normalized spacial score (nSPS) is 19.4. The van der Waals surface area contributed by atoms with Crippen LogP contribution in [0.15, 0.2) is 54.6 Å². The number of fused-ring (bicyclic) bond motifs is 4. The number of esters is 1. The van der Waals surface area contributed by atoms with Crippen molar-refractivity contribution in [3.05, 3.63) is 88.5 Å². The Balaban J connectivity index is 1.05. The quantitative estimate of drug-likeness (QED) is 0.282. The highest BCUT2D eigenvalue weighted by Gasteiger charge is 2.35. The van der Waals surface area contributed by atoms with Crippen LogP contribution in [0.1, 0.15) is 39.3 Å². The maximum Gasteiger partial charge on any atom is 0.337 e. The van der Waals surface area contributed by atoms with Gasteiger partial charge >= 0.3 is 5.97 Å². The van der Waals surface area contributed by atoms with Gasteiger partial charge in [-0.05, 0) is 54.8 Å². The van der Waals surface area contributed by atoms with Crippen molar-refractivity contribution in [3.63, 3.8) is 0 Å². The molecule has 3 aromatic carbocycles. The van der Waals surface area contributed by atoms with Gasteiger partial charge in [0.25, 0.3) is 0 Å². The third kappa shape index (κ3) is 5.31. The number of nitriles is 1. The van der Waals surface area contributed by atoms with Crippen LogP contribution in [0.4, 0.5) is 10.1 Å². The summed E-state index contributed by atoms with van der Waals surface area (Å²) >= 11 is 0. The predicted molar refractivity (Wildman–Crippen MR) is 157 cm³/mol. The van der Waals surface area contributed by atoms with Crippen molar-refractivity contribution in [3.8, 4) is 11.8 Å². The number of nitrogens with zero attached hydrogens (tertiary/aromatic N) is 5. The van der Waals surface area contributed by atoms with Gasteiger partial charge in [-0.2, -0.15) is 5.26 Å². The van der Waals surface area contributed by atoms with Gasteiger partial charge in [-0.25, -0.2) is 14.2 Å². The van der Waals surface area contributed by atoms with Crippen molar-refractivity contribution < 1.29 is 23.4 Å². The molecule has 7 rings (SSSR count).